The van der Waals surface area contributed by atoms with Gasteiger partial charge in [-0.15, -0.1) is 0 Å². The van der Waals surface area contributed by atoms with Crippen molar-refractivity contribution in [1.29, 1.82) is 5.26 Å². The molecule has 5 nitrogen and oxygen atoms in total. The summed E-state index contributed by atoms with van der Waals surface area (Å²) in [4.78, 5) is 17.4. The van der Waals surface area contributed by atoms with Crippen molar-refractivity contribution < 1.29 is 4.79 Å². The Labute approximate surface area is 184 Å². The molecule has 4 rings (SSSR count). The zero-order chi connectivity index (χ0) is 21.1. The molecule has 0 fully saturated rings. The van der Waals surface area contributed by atoms with Crippen LogP contribution in [-0.2, 0) is 10.5 Å². The minimum Gasteiger partial charge on any atom is -0.310 e. The van der Waals surface area contributed by atoms with Crippen LogP contribution in [0.5, 0.6) is 0 Å². The number of nitrogens with one attached hydrogen (secondary N) is 1. The van der Waals surface area contributed by atoms with Crippen LogP contribution in [-0.4, -0.2) is 20.6 Å². The van der Waals surface area contributed by atoms with Gasteiger partial charge >= 0.3 is 0 Å². The lowest BCUT2D eigenvalue weighted by Gasteiger charge is -2.15. The number of anilines is 1. The highest BCUT2D eigenvalue weighted by Crippen LogP contribution is 2.35. The van der Waals surface area contributed by atoms with Crippen molar-refractivity contribution in [1.82, 2.24) is 4.57 Å². The van der Waals surface area contributed by atoms with E-state index in [1.54, 1.807) is 11.8 Å². The molecule has 0 saturated carbocycles. The first-order valence-corrected chi connectivity index (χ1v) is 11.4. The lowest BCUT2D eigenvalue weighted by molar-refractivity contribution is -0.113. The van der Waals surface area contributed by atoms with E-state index >= 15 is 0 Å². The fraction of sp³-hybridized carbons (Fsp3) is 0.174. The van der Waals surface area contributed by atoms with Crippen molar-refractivity contribution in [3.8, 4) is 11.8 Å². The SMILES string of the molecule is Cc1c(C#N)c(NC(=O)CSC2=Nc3ccccc3CS2)n(-c2ccccc2)c1C. The number of aromatic nitrogens is 1. The van der Waals surface area contributed by atoms with Crippen LogP contribution in [0.25, 0.3) is 5.69 Å². The molecule has 0 spiro atoms. The number of fused-ring (bicyclic) bond motifs is 1. The van der Waals surface area contributed by atoms with Crippen LogP contribution in [0.2, 0.25) is 0 Å². The van der Waals surface area contributed by atoms with E-state index in [4.69, 9.17) is 0 Å². The van der Waals surface area contributed by atoms with Gasteiger partial charge in [0.15, 0.2) is 0 Å². The Hall–Kier alpha value is -2.95. The van der Waals surface area contributed by atoms with Crippen LogP contribution in [0.4, 0.5) is 11.5 Å². The summed E-state index contributed by atoms with van der Waals surface area (Å²) in [5, 5.41) is 12.6. The lowest BCUT2D eigenvalue weighted by Crippen LogP contribution is -2.18. The van der Waals surface area contributed by atoms with Crippen molar-refractivity contribution >= 4 is 45.3 Å². The van der Waals surface area contributed by atoms with Crippen LogP contribution in [0.1, 0.15) is 22.4 Å². The van der Waals surface area contributed by atoms with E-state index in [1.807, 2.05) is 66.9 Å². The molecule has 0 aliphatic carbocycles. The molecule has 7 heteroatoms. The summed E-state index contributed by atoms with van der Waals surface area (Å²) < 4.78 is 2.81. The molecular formula is C23H20N4OS2. The molecule has 0 atom stereocenters. The monoisotopic (exact) mass is 432 g/mol. The number of nitriles is 1. The molecule has 2 heterocycles. The Bertz CT molecular complexity index is 1180. The second-order valence-electron chi connectivity index (χ2n) is 6.85. The molecule has 1 amide bonds. The molecule has 30 heavy (non-hydrogen) atoms. The number of benzene rings is 2. The van der Waals surface area contributed by atoms with Crippen molar-refractivity contribution in [2.24, 2.45) is 4.99 Å². The maximum Gasteiger partial charge on any atom is 0.235 e. The van der Waals surface area contributed by atoms with Crippen molar-refractivity contribution in [2.45, 2.75) is 19.6 Å². The predicted octanol–water partition coefficient (Wildman–Crippen LogP) is 5.57. The fourth-order valence-corrected chi connectivity index (χ4v) is 5.20. The summed E-state index contributed by atoms with van der Waals surface area (Å²) in [6.45, 7) is 3.86. The number of hydrogen-bond acceptors (Lipinski definition) is 5. The van der Waals surface area contributed by atoms with E-state index in [0.717, 1.165) is 32.8 Å². The summed E-state index contributed by atoms with van der Waals surface area (Å²) in [6.07, 6.45) is 0. The summed E-state index contributed by atoms with van der Waals surface area (Å²) in [7, 11) is 0. The van der Waals surface area contributed by atoms with Gasteiger partial charge in [0, 0.05) is 17.1 Å². The lowest BCUT2D eigenvalue weighted by atomic mass is 10.2. The summed E-state index contributed by atoms with van der Waals surface area (Å²) in [5.74, 6) is 1.45. The number of para-hydroxylation sites is 2. The maximum atomic E-state index is 12.8. The molecule has 1 aliphatic rings. The third kappa shape index (κ3) is 4.02. The van der Waals surface area contributed by atoms with Crippen molar-refractivity contribution in [2.75, 3.05) is 11.1 Å². The first-order chi connectivity index (χ1) is 14.6. The first kappa shape index (κ1) is 20.3. The normalized spacial score (nSPS) is 12.6. The molecule has 2 aromatic carbocycles. The average Bonchev–Trinajstić information content (AvgIpc) is 3.01. The standard InChI is InChI=1S/C23H20N4OS2/c1-15-16(2)27(18-9-4-3-5-10-18)22(19(15)12-24)26-21(28)14-30-23-25-20-11-7-6-8-17(20)13-29-23/h3-11H,13-14H2,1-2H3,(H,26,28). The van der Waals surface area contributed by atoms with Crippen molar-refractivity contribution in [3.63, 3.8) is 0 Å². The number of rotatable bonds is 4. The van der Waals surface area contributed by atoms with Crippen LogP contribution >= 0.6 is 23.5 Å². The van der Waals surface area contributed by atoms with Crippen LogP contribution in [0, 0.1) is 25.2 Å². The van der Waals surface area contributed by atoms with Gasteiger partial charge in [-0.2, -0.15) is 5.26 Å². The number of aliphatic imine (C=N–C) groups is 1. The summed E-state index contributed by atoms with van der Waals surface area (Å²) >= 11 is 3.07. The molecular weight excluding hydrogens is 412 g/mol. The number of nitrogens with zero attached hydrogens (tertiary/aromatic N) is 3. The van der Waals surface area contributed by atoms with E-state index in [9.17, 15) is 10.1 Å². The maximum absolute atomic E-state index is 12.8. The Morgan fingerprint density at radius 2 is 1.93 bits per heavy atom. The van der Waals surface area contributed by atoms with Crippen LogP contribution in [0.3, 0.4) is 0 Å². The molecule has 1 aromatic heterocycles. The highest BCUT2D eigenvalue weighted by Gasteiger charge is 2.21. The Morgan fingerprint density at radius 1 is 1.20 bits per heavy atom. The number of amides is 1. The minimum absolute atomic E-state index is 0.159. The molecule has 0 unspecified atom stereocenters. The van der Waals surface area contributed by atoms with E-state index in [1.165, 1.54) is 17.3 Å². The third-order valence-corrected chi connectivity index (χ3v) is 7.22. The van der Waals surface area contributed by atoms with Crippen LogP contribution < -0.4 is 5.32 Å². The number of hydrogen-bond donors (Lipinski definition) is 1. The second kappa shape index (κ2) is 8.82. The highest BCUT2D eigenvalue weighted by molar-refractivity contribution is 8.38. The largest absolute Gasteiger partial charge is 0.310 e. The van der Waals surface area contributed by atoms with E-state index in [2.05, 4.69) is 22.4 Å². The average molecular weight is 433 g/mol. The Kier molecular flexibility index (Phi) is 5.98. The predicted molar refractivity (Wildman–Crippen MR) is 126 cm³/mol. The number of thioether (sulfide) groups is 2. The molecule has 0 radical (unpaired) electrons. The van der Waals surface area contributed by atoms with Crippen molar-refractivity contribution in [3.05, 3.63) is 77.0 Å². The molecule has 1 N–H and O–H groups in total. The second-order valence-corrected chi connectivity index (χ2v) is 9.04. The zero-order valence-electron chi connectivity index (χ0n) is 16.7. The van der Waals surface area contributed by atoms with Crippen LogP contribution in [0.15, 0.2) is 59.6 Å². The number of carbonyl (C=O) groups excluding carboxylic acids is 1. The topological polar surface area (TPSA) is 70.2 Å². The van der Waals surface area contributed by atoms with Gasteiger partial charge in [0.2, 0.25) is 5.91 Å². The first-order valence-electron chi connectivity index (χ1n) is 9.48. The Morgan fingerprint density at radius 3 is 2.70 bits per heavy atom. The van der Waals surface area contributed by atoms with Gasteiger partial charge < -0.3 is 5.32 Å². The van der Waals surface area contributed by atoms with Gasteiger partial charge in [-0.05, 0) is 43.2 Å². The van der Waals surface area contributed by atoms with Gasteiger partial charge in [-0.3, -0.25) is 9.36 Å². The minimum atomic E-state index is -0.159. The smallest absolute Gasteiger partial charge is 0.235 e. The summed E-state index contributed by atoms with van der Waals surface area (Å²) in [5.41, 5.74) is 5.38. The zero-order valence-corrected chi connectivity index (χ0v) is 18.3. The van der Waals surface area contributed by atoms with Gasteiger partial charge in [0.05, 0.1) is 17.0 Å². The van der Waals surface area contributed by atoms with E-state index < -0.39 is 0 Å². The molecule has 3 aromatic rings. The number of carbonyl (C=O) groups is 1. The molecule has 1 aliphatic heterocycles. The highest BCUT2D eigenvalue weighted by atomic mass is 32.2. The fourth-order valence-electron chi connectivity index (χ4n) is 3.34. The van der Waals surface area contributed by atoms with Gasteiger partial charge in [0.25, 0.3) is 0 Å². The van der Waals surface area contributed by atoms with E-state index in [0.29, 0.717) is 11.4 Å². The Balaban J connectivity index is 1.53. The summed E-state index contributed by atoms with van der Waals surface area (Å²) in [6, 6.07) is 20.0. The molecule has 0 saturated heterocycles. The van der Waals surface area contributed by atoms with Gasteiger partial charge in [-0.1, -0.05) is 59.9 Å². The molecule has 0 bridgehead atoms. The molecule has 150 valence electrons. The third-order valence-electron chi connectivity index (χ3n) is 4.98. The van der Waals surface area contributed by atoms with Gasteiger partial charge in [0.1, 0.15) is 16.3 Å². The van der Waals surface area contributed by atoms with Gasteiger partial charge in [-0.25, -0.2) is 4.99 Å². The quantitative estimate of drug-likeness (QED) is 0.585. The van der Waals surface area contributed by atoms with E-state index in [-0.39, 0.29) is 11.7 Å².